The molecule has 0 fully saturated rings. The second kappa shape index (κ2) is 3.81. The molecule has 0 saturated carbocycles. The van der Waals surface area contributed by atoms with Crippen LogP contribution in [0.2, 0.25) is 0 Å². The summed E-state index contributed by atoms with van der Waals surface area (Å²) in [4.78, 5) is 25.3. The number of aromatic nitrogens is 1. The highest BCUT2D eigenvalue weighted by Gasteiger charge is 2.11. The van der Waals surface area contributed by atoms with E-state index in [4.69, 9.17) is 4.74 Å². The van der Waals surface area contributed by atoms with Gasteiger partial charge in [-0.25, -0.2) is 0 Å². The van der Waals surface area contributed by atoms with Gasteiger partial charge in [0.15, 0.2) is 0 Å². The summed E-state index contributed by atoms with van der Waals surface area (Å²) in [6.45, 7) is 2.94. The molecular weight excluding hydrogens is 206 g/mol. The zero-order chi connectivity index (χ0) is 11.7. The van der Waals surface area contributed by atoms with Crippen molar-refractivity contribution in [2.45, 2.75) is 13.8 Å². The minimum Gasteiger partial charge on any atom is -0.426 e. The van der Waals surface area contributed by atoms with Crippen LogP contribution in [-0.4, -0.2) is 11.0 Å². The molecule has 0 bridgehead atoms. The van der Waals surface area contributed by atoms with Crippen molar-refractivity contribution in [3.63, 3.8) is 0 Å². The van der Waals surface area contributed by atoms with Gasteiger partial charge >= 0.3 is 5.97 Å². The third-order valence-electron chi connectivity index (χ3n) is 2.35. The standard InChI is InChI=1S/C12H11NO3/c1-7-11(16-8(2)14)9-5-3-4-6-10(9)13-12(7)15/h3-6H,1-2H3,(H,13,15). The van der Waals surface area contributed by atoms with E-state index in [0.717, 1.165) is 5.39 Å². The molecule has 4 nitrogen and oxygen atoms in total. The summed E-state index contributed by atoms with van der Waals surface area (Å²) in [5.41, 5.74) is 0.832. The van der Waals surface area contributed by atoms with Crippen molar-refractivity contribution in [1.82, 2.24) is 4.98 Å². The van der Waals surface area contributed by atoms with Crippen molar-refractivity contribution in [3.8, 4) is 5.75 Å². The average Bonchev–Trinajstić information content (AvgIpc) is 2.24. The third kappa shape index (κ3) is 1.69. The predicted octanol–water partition coefficient (Wildman–Crippen LogP) is 1.76. The fourth-order valence-corrected chi connectivity index (χ4v) is 1.59. The van der Waals surface area contributed by atoms with Crippen molar-refractivity contribution in [3.05, 3.63) is 40.2 Å². The summed E-state index contributed by atoms with van der Waals surface area (Å²) >= 11 is 0. The van der Waals surface area contributed by atoms with Crippen molar-refractivity contribution >= 4 is 16.9 Å². The Labute approximate surface area is 91.9 Å². The van der Waals surface area contributed by atoms with Crippen molar-refractivity contribution in [2.24, 2.45) is 0 Å². The molecule has 2 rings (SSSR count). The van der Waals surface area contributed by atoms with Gasteiger partial charge in [0, 0.05) is 12.3 Å². The Morgan fingerprint density at radius 2 is 2.00 bits per heavy atom. The minimum absolute atomic E-state index is 0.241. The molecule has 1 N–H and O–H groups in total. The van der Waals surface area contributed by atoms with Crippen LogP contribution in [0, 0.1) is 6.92 Å². The fourth-order valence-electron chi connectivity index (χ4n) is 1.59. The topological polar surface area (TPSA) is 59.2 Å². The fraction of sp³-hybridized carbons (Fsp3) is 0.167. The maximum atomic E-state index is 11.6. The zero-order valence-corrected chi connectivity index (χ0v) is 9.03. The summed E-state index contributed by atoms with van der Waals surface area (Å²) in [6, 6.07) is 7.21. The number of benzene rings is 1. The first-order valence-corrected chi connectivity index (χ1v) is 4.89. The average molecular weight is 217 g/mol. The van der Waals surface area contributed by atoms with Gasteiger partial charge in [-0.2, -0.15) is 0 Å². The van der Waals surface area contributed by atoms with Crippen LogP contribution >= 0.6 is 0 Å². The lowest BCUT2D eigenvalue weighted by molar-refractivity contribution is -0.131. The number of fused-ring (bicyclic) bond motifs is 1. The molecule has 1 aromatic carbocycles. The summed E-state index contributed by atoms with van der Waals surface area (Å²) in [5.74, 6) is -0.0919. The van der Waals surface area contributed by atoms with E-state index < -0.39 is 5.97 Å². The molecule has 0 aliphatic heterocycles. The van der Waals surface area contributed by atoms with Gasteiger partial charge in [-0.05, 0) is 19.1 Å². The molecule has 16 heavy (non-hydrogen) atoms. The highest BCUT2D eigenvalue weighted by molar-refractivity contribution is 5.88. The molecule has 0 aliphatic carbocycles. The Hall–Kier alpha value is -2.10. The number of ether oxygens (including phenoxy) is 1. The quantitative estimate of drug-likeness (QED) is 0.740. The molecule has 2 aromatic rings. The lowest BCUT2D eigenvalue weighted by atomic mass is 10.1. The maximum absolute atomic E-state index is 11.6. The van der Waals surface area contributed by atoms with Gasteiger partial charge in [-0.3, -0.25) is 9.59 Å². The van der Waals surface area contributed by atoms with Crippen molar-refractivity contribution in [1.29, 1.82) is 0 Å². The van der Waals surface area contributed by atoms with Crippen molar-refractivity contribution in [2.75, 3.05) is 0 Å². The largest absolute Gasteiger partial charge is 0.426 e. The predicted molar refractivity (Wildman–Crippen MR) is 60.6 cm³/mol. The van der Waals surface area contributed by atoms with Gasteiger partial charge in [0.1, 0.15) is 5.75 Å². The van der Waals surface area contributed by atoms with Gasteiger partial charge in [-0.15, -0.1) is 0 Å². The second-order valence-electron chi connectivity index (χ2n) is 3.55. The van der Waals surface area contributed by atoms with Crippen LogP contribution in [0.1, 0.15) is 12.5 Å². The maximum Gasteiger partial charge on any atom is 0.308 e. The van der Waals surface area contributed by atoms with E-state index in [0.29, 0.717) is 16.8 Å². The van der Waals surface area contributed by atoms with Crippen LogP contribution < -0.4 is 10.3 Å². The minimum atomic E-state index is -0.432. The van der Waals surface area contributed by atoms with Crippen LogP contribution in [0.3, 0.4) is 0 Å². The molecule has 0 atom stereocenters. The number of aromatic amines is 1. The van der Waals surface area contributed by atoms with E-state index in [1.807, 2.05) is 12.1 Å². The van der Waals surface area contributed by atoms with Crippen LogP contribution in [0.4, 0.5) is 0 Å². The Morgan fingerprint density at radius 1 is 1.31 bits per heavy atom. The number of pyridine rings is 1. The summed E-state index contributed by atoms with van der Waals surface area (Å²) in [6.07, 6.45) is 0. The first-order valence-electron chi connectivity index (χ1n) is 4.89. The lowest BCUT2D eigenvalue weighted by Gasteiger charge is -2.08. The number of esters is 1. The second-order valence-corrected chi connectivity index (χ2v) is 3.55. The number of carbonyl (C=O) groups is 1. The molecule has 1 heterocycles. The zero-order valence-electron chi connectivity index (χ0n) is 9.03. The molecular formula is C12H11NO3. The number of hydrogen-bond acceptors (Lipinski definition) is 3. The van der Waals surface area contributed by atoms with E-state index in [1.54, 1.807) is 19.1 Å². The van der Waals surface area contributed by atoms with Crippen LogP contribution in [0.15, 0.2) is 29.1 Å². The summed E-state index contributed by atoms with van der Waals surface area (Å²) < 4.78 is 5.08. The summed E-state index contributed by atoms with van der Waals surface area (Å²) in [5, 5.41) is 0.731. The normalized spacial score (nSPS) is 10.4. The van der Waals surface area contributed by atoms with E-state index in [-0.39, 0.29) is 5.56 Å². The highest BCUT2D eigenvalue weighted by Crippen LogP contribution is 2.25. The van der Waals surface area contributed by atoms with Crippen LogP contribution in [0.25, 0.3) is 10.9 Å². The number of rotatable bonds is 1. The van der Waals surface area contributed by atoms with Gasteiger partial charge in [0.05, 0.1) is 11.1 Å². The Balaban J connectivity index is 2.81. The van der Waals surface area contributed by atoms with E-state index in [9.17, 15) is 9.59 Å². The lowest BCUT2D eigenvalue weighted by Crippen LogP contribution is -2.14. The van der Waals surface area contributed by atoms with Crippen LogP contribution in [-0.2, 0) is 4.79 Å². The molecule has 4 heteroatoms. The first kappa shape index (κ1) is 10.4. The number of carbonyl (C=O) groups excluding carboxylic acids is 1. The Bertz CT molecular complexity index is 613. The van der Waals surface area contributed by atoms with E-state index in [1.165, 1.54) is 6.92 Å². The van der Waals surface area contributed by atoms with Gasteiger partial charge in [0.25, 0.3) is 5.56 Å². The molecule has 0 amide bonds. The van der Waals surface area contributed by atoms with Gasteiger partial charge in [0.2, 0.25) is 0 Å². The van der Waals surface area contributed by atoms with E-state index >= 15 is 0 Å². The van der Waals surface area contributed by atoms with Crippen LogP contribution in [0.5, 0.6) is 5.75 Å². The molecule has 0 saturated heterocycles. The smallest absolute Gasteiger partial charge is 0.308 e. The third-order valence-corrected chi connectivity index (χ3v) is 2.35. The number of H-pyrrole nitrogens is 1. The molecule has 0 unspecified atom stereocenters. The number of hydrogen-bond donors (Lipinski definition) is 1. The molecule has 82 valence electrons. The summed E-state index contributed by atoms with van der Waals surface area (Å²) in [7, 11) is 0. The first-order chi connectivity index (χ1) is 7.59. The number of para-hydroxylation sites is 1. The Kier molecular flexibility index (Phi) is 2.48. The van der Waals surface area contributed by atoms with Gasteiger partial charge < -0.3 is 9.72 Å². The SMILES string of the molecule is CC(=O)Oc1c(C)c(=O)[nH]c2ccccc12. The molecule has 1 aromatic heterocycles. The number of nitrogens with one attached hydrogen (secondary N) is 1. The molecule has 0 aliphatic rings. The highest BCUT2D eigenvalue weighted by atomic mass is 16.5. The van der Waals surface area contributed by atoms with E-state index in [2.05, 4.69) is 4.98 Å². The Morgan fingerprint density at radius 3 is 2.69 bits per heavy atom. The monoisotopic (exact) mass is 217 g/mol. The molecule has 0 spiro atoms. The van der Waals surface area contributed by atoms with Gasteiger partial charge in [-0.1, -0.05) is 12.1 Å². The van der Waals surface area contributed by atoms with Crippen molar-refractivity contribution < 1.29 is 9.53 Å². The molecule has 0 radical (unpaired) electrons.